The fourth-order valence-electron chi connectivity index (χ4n) is 4.61. The van der Waals surface area contributed by atoms with E-state index in [0.717, 1.165) is 54.6 Å². The van der Waals surface area contributed by atoms with Gasteiger partial charge in [-0.15, -0.1) is 5.10 Å². The molecule has 5 rings (SSSR count). The lowest BCUT2D eigenvalue weighted by Gasteiger charge is -2.39. The van der Waals surface area contributed by atoms with Crippen molar-refractivity contribution in [1.29, 1.82) is 0 Å². The first-order chi connectivity index (χ1) is 17.6. The van der Waals surface area contributed by atoms with Crippen LogP contribution in [0.3, 0.4) is 0 Å². The van der Waals surface area contributed by atoms with Gasteiger partial charge in [-0.1, -0.05) is 42.5 Å². The molecule has 2 heterocycles. The van der Waals surface area contributed by atoms with Crippen molar-refractivity contribution < 1.29 is 9.66 Å². The lowest BCUT2D eigenvalue weighted by Crippen LogP contribution is -2.48. The quantitative estimate of drug-likeness (QED) is 0.276. The Bertz CT molecular complexity index is 1290. The smallest absolute Gasteiger partial charge is 0.269 e. The van der Waals surface area contributed by atoms with Gasteiger partial charge >= 0.3 is 0 Å². The molecule has 0 amide bonds. The molecule has 0 N–H and O–H groups in total. The van der Waals surface area contributed by atoms with Gasteiger partial charge in [0.1, 0.15) is 5.75 Å². The molecule has 4 aromatic rings. The van der Waals surface area contributed by atoms with E-state index in [-0.39, 0.29) is 16.7 Å². The van der Waals surface area contributed by atoms with Crippen molar-refractivity contribution in [2.45, 2.75) is 12.6 Å². The molecule has 1 atom stereocenters. The topological polar surface area (TPSA) is 102 Å². The second kappa shape index (κ2) is 10.5. The lowest BCUT2D eigenvalue weighted by atomic mass is 10.0. The first-order valence-corrected chi connectivity index (χ1v) is 11.8. The van der Waals surface area contributed by atoms with E-state index in [4.69, 9.17) is 4.74 Å². The lowest BCUT2D eigenvalue weighted by molar-refractivity contribution is -0.384. The van der Waals surface area contributed by atoms with Crippen molar-refractivity contribution in [1.82, 2.24) is 25.1 Å². The van der Waals surface area contributed by atoms with Gasteiger partial charge in [0.05, 0.1) is 24.6 Å². The van der Waals surface area contributed by atoms with Crippen LogP contribution in [0.1, 0.15) is 23.0 Å². The van der Waals surface area contributed by atoms with Crippen LogP contribution >= 0.6 is 0 Å². The Kier molecular flexibility index (Phi) is 6.85. The summed E-state index contributed by atoms with van der Waals surface area (Å²) in [7, 11) is 1.65. The van der Waals surface area contributed by atoms with Gasteiger partial charge < -0.3 is 9.64 Å². The van der Waals surface area contributed by atoms with Crippen molar-refractivity contribution in [3.05, 3.63) is 106 Å². The minimum absolute atomic E-state index is 0.0986. The number of ether oxygens (including phenoxy) is 1. The molecule has 10 heteroatoms. The summed E-state index contributed by atoms with van der Waals surface area (Å²) in [5, 5.41) is 23.8. The number of nitro benzene ring substituents is 1. The number of methoxy groups -OCH3 is 1. The molecule has 10 nitrogen and oxygen atoms in total. The number of tetrazole rings is 1. The summed E-state index contributed by atoms with van der Waals surface area (Å²) in [6.45, 7) is 3.73. The number of nitrogens with zero attached hydrogens (tertiary/aromatic N) is 7. The minimum atomic E-state index is -0.373. The van der Waals surface area contributed by atoms with Gasteiger partial charge in [-0.25, -0.2) is 4.68 Å². The van der Waals surface area contributed by atoms with E-state index in [1.807, 2.05) is 59.3 Å². The van der Waals surface area contributed by atoms with Crippen LogP contribution in [0.4, 0.5) is 11.4 Å². The number of hydrogen-bond donors (Lipinski definition) is 0. The van der Waals surface area contributed by atoms with Crippen molar-refractivity contribution in [3.8, 4) is 5.75 Å². The van der Waals surface area contributed by atoms with E-state index in [0.29, 0.717) is 6.54 Å². The number of piperazine rings is 1. The predicted molar refractivity (Wildman–Crippen MR) is 135 cm³/mol. The van der Waals surface area contributed by atoms with E-state index in [1.54, 1.807) is 19.2 Å². The Morgan fingerprint density at radius 1 is 0.944 bits per heavy atom. The minimum Gasteiger partial charge on any atom is -0.497 e. The fraction of sp³-hybridized carbons (Fsp3) is 0.269. The Hall–Kier alpha value is -4.31. The highest BCUT2D eigenvalue weighted by Gasteiger charge is 2.30. The second-order valence-corrected chi connectivity index (χ2v) is 8.65. The SMILES string of the molecule is COc1ccc(Cn2nnnc2C(c2ccccc2)N2CCN(c3ccc([N+](=O)[O-])cc3)CC2)cc1. The maximum atomic E-state index is 11.0. The highest BCUT2D eigenvalue weighted by atomic mass is 16.6. The van der Waals surface area contributed by atoms with Gasteiger partial charge in [-0.2, -0.15) is 0 Å². The molecule has 3 aromatic carbocycles. The first-order valence-electron chi connectivity index (χ1n) is 11.8. The maximum absolute atomic E-state index is 11.0. The average Bonchev–Trinajstić information content (AvgIpc) is 3.38. The van der Waals surface area contributed by atoms with Gasteiger partial charge in [-0.3, -0.25) is 15.0 Å². The standard InChI is InChI=1S/C26H27N7O3/c1-36-24-13-7-20(8-14-24)19-32-26(27-28-29-32)25(21-5-3-2-4-6-21)31-17-15-30(16-18-31)22-9-11-23(12-10-22)33(34)35/h2-14,25H,15-19H2,1H3. The molecule has 0 spiro atoms. The summed E-state index contributed by atoms with van der Waals surface area (Å²) in [5.74, 6) is 1.60. The number of non-ortho nitro benzene ring substituents is 1. The van der Waals surface area contributed by atoms with E-state index < -0.39 is 0 Å². The van der Waals surface area contributed by atoms with Crippen LogP contribution in [-0.2, 0) is 6.54 Å². The van der Waals surface area contributed by atoms with Crippen LogP contribution in [-0.4, -0.2) is 63.3 Å². The molecule has 36 heavy (non-hydrogen) atoms. The van der Waals surface area contributed by atoms with Crippen LogP contribution in [0, 0.1) is 10.1 Å². The molecule has 0 radical (unpaired) electrons. The average molecular weight is 486 g/mol. The number of aromatic nitrogens is 4. The van der Waals surface area contributed by atoms with Crippen LogP contribution in [0.5, 0.6) is 5.75 Å². The van der Waals surface area contributed by atoms with E-state index in [1.165, 1.54) is 0 Å². The van der Waals surface area contributed by atoms with Crippen LogP contribution in [0.15, 0.2) is 78.9 Å². The summed E-state index contributed by atoms with van der Waals surface area (Å²) < 4.78 is 7.14. The third kappa shape index (κ3) is 5.03. The van der Waals surface area contributed by atoms with Gasteiger partial charge in [0.2, 0.25) is 0 Å². The number of benzene rings is 3. The highest BCUT2D eigenvalue weighted by Crippen LogP contribution is 2.30. The Morgan fingerprint density at radius 3 is 2.28 bits per heavy atom. The van der Waals surface area contributed by atoms with Crippen LogP contribution < -0.4 is 9.64 Å². The molecule has 0 saturated carbocycles. The van der Waals surface area contributed by atoms with E-state index in [9.17, 15) is 10.1 Å². The Labute approximate surface area is 208 Å². The molecule has 1 aliphatic heterocycles. The molecular weight excluding hydrogens is 458 g/mol. The summed E-state index contributed by atoms with van der Waals surface area (Å²) in [6, 6.07) is 24.9. The summed E-state index contributed by atoms with van der Waals surface area (Å²) in [5.41, 5.74) is 3.30. The number of anilines is 1. The zero-order valence-corrected chi connectivity index (χ0v) is 20.0. The van der Waals surface area contributed by atoms with Crippen molar-refractivity contribution >= 4 is 11.4 Å². The van der Waals surface area contributed by atoms with Gasteiger partial charge in [0, 0.05) is 44.0 Å². The van der Waals surface area contributed by atoms with Crippen LogP contribution in [0.25, 0.3) is 0 Å². The summed E-state index contributed by atoms with van der Waals surface area (Å²) in [6.07, 6.45) is 0. The zero-order chi connectivity index (χ0) is 24.9. The monoisotopic (exact) mass is 485 g/mol. The second-order valence-electron chi connectivity index (χ2n) is 8.65. The van der Waals surface area contributed by atoms with Gasteiger partial charge in [-0.05, 0) is 45.8 Å². The zero-order valence-electron chi connectivity index (χ0n) is 20.0. The van der Waals surface area contributed by atoms with E-state index >= 15 is 0 Å². The fourth-order valence-corrected chi connectivity index (χ4v) is 4.61. The van der Waals surface area contributed by atoms with Crippen molar-refractivity contribution in [3.63, 3.8) is 0 Å². The van der Waals surface area contributed by atoms with Crippen molar-refractivity contribution in [2.24, 2.45) is 0 Å². The maximum Gasteiger partial charge on any atom is 0.269 e. The van der Waals surface area contributed by atoms with Gasteiger partial charge in [0.25, 0.3) is 5.69 Å². The number of hydrogen-bond acceptors (Lipinski definition) is 8. The molecule has 184 valence electrons. The molecule has 1 unspecified atom stereocenters. The molecule has 1 saturated heterocycles. The Morgan fingerprint density at radius 2 is 1.64 bits per heavy atom. The van der Waals surface area contributed by atoms with Crippen LogP contribution in [0.2, 0.25) is 0 Å². The molecule has 1 fully saturated rings. The van der Waals surface area contributed by atoms with Crippen molar-refractivity contribution in [2.75, 3.05) is 38.2 Å². The third-order valence-corrected chi connectivity index (χ3v) is 6.52. The number of rotatable bonds is 8. The molecule has 0 aliphatic carbocycles. The largest absolute Gasteiger partial charge is 0.497 e. The highest BCUT2D eigenvalue weighted by molar-refractivity contribution is 5.51. The molecule has 1 aromatic heterocycles. The molecule has 1 aliphatic rings. The third-order valence-electron chi connectivity index (χ3n) is 6.52. The predicted octanol–water partition coefficient (Wildman–Crippen LogP) is 3.55. The summed E-state index contributed by atoms with van der Waals surface area (Å²) in [4.78, 5) is 15.3. The molecular formula is C26H27N7O3. The van der Waals surface area contributed by atoms with E-state index in [2.05, 4.69) is 37.5 Å². The number of nitro groups is 1. The molecule has 0 bridgehead atoms. The van der Waals surface area contributed by atoms with Gasteiger partial charge in [0.15, 0.2) is 5.82 Å². The first kappa shape index (κ1) is 23.4. The summed E-state index contributed by atoms with van der Waals surface area (Å²) >= 11 is 0. The normalized spacial score (nSPS) is 15.0. The Balaban J connectivity index is 1.36.